The molecule has 0 aliphatic rings. The van der Waals surface area contributed by atoms with E-state index in [0.717, 1.165) is 15.4 Å². The average molecular weight is 470 g/mol. The topological polar surface area (TPSA) is 66.5 Å². The minimum atomic E-state index is -3.44. The number of hydrogen-bond acceptors (Lipinski definition) is 3. The second kappa shape index (κ2) is 8.01. The van der Waals surface area contributed by atoms with Crippen molar-refractivity contribution in [1.82, 2.24) is 0 Å². The highest BCUT2D eigenvalue weighted by Crippen LogP contribution is 2.23. The second-order valence-electron chi connectivity index (χ2n) is 5.57. The van der Waals surface area contributed by atoms with Crippen molar-refractivity contribution in [1.29, 1.82) is 0 Å². The minimum absolute atomic E-state index is 0.159. The third kappa shape index (κ3) is 5.05. The van der Waals surface area contributed by atoms with E-state index in [2.05, 4.69) is 34.5 Å². The SMILES string of the molecule is C=CCN(c1cccc(NC(=O)c2ccc(C)cc2I)c1)S(C)(=O)=O. The van der Waals surface area contributed by atoms with Gasteiger partial charge in [0.25, 0.3) is 5.91 Å². The Bertz CT molecular complexity index is 910. The van der Waals surface area contributed by atoms with Gasteiger partial charge in [0, 0.05) is 9.26 Å². The second-order valence-corrected chi connectivity index (χ2v) is 8.64. The van der Waals surface area contributed by atoms with Crippen LogP contribution in [0.25, 0.3) is 0 Å². The maximum atomic E-state index is 12.5. The van der Waals surface area contributed by atoms with Crippen molar-refractivity contribution in [3.8, 4) is 0 Å². The summed E-state index contributed by atoms with van der Waals surface area (Å²) in [6.07, 6.45) is 2.65. The van der Waals surface area contributed by atoms with Gasteiger partial charge in [-0.05, 0) is 59.8 Å². The fraction of sp³-hybridized carbons (Fsp3) is 0.167. The standard InChI is InChI=1S/C18H19IN2O3S/c1-4-10-21(25(3,23)24)15-7-5-6-14(12-15)20-18(22)16-9-8-13(2)11-17(16)19/h4-9,11-12H,1,10H2,2-3H3,(H,20,22). The number of anilines is 2. The van der Waals surface area contributed by atoms with Crippen LogP contribution >= 0.6 is 22.6 Å². The number of hydrogen-bond donors (Lipinski definition) is 1. The van der Waals surface area contributed by atoms with E-state index < -0.39 is 10.0 Å². The van der Waals surface area contributed by atoms with Gasteiger partial charge >= 0.3 is 0 Å². The van der Waals surface area contributed by atoms with Gasteiger partial charge in [-0.2, -0.15) is 0 Å². The van der Waals surface area contributed by atoms with Crippen LogP contribution < -0.4 is 9.62 Å². The molecule has 0 aliphatic carbocycles. The molecular weight excluding hydrogens is 451 g/mol. The molecule has 1 N–H and O–H groups in total. The molecule has 25 heavy (non-hydrogen) atoms. The number of amides is 1. The van der Waals surface area contributed by atoms with Crippen LogP contribution in [-0.4, -0.2) is 27.1 Å². The van der Waals surface area contributed by atoms with E-state index in [1.165, 1.54) is 10.4 Å². The van der Waals surface area contributed by atoms with Gasteiger partial charge in [0.2, 0.25) is 10.0 Å². The van der Waals surface area contributed by atoms with Crippen LogP contribution in [0.4, 0.5) is 11.4 Å². The van der Waals surface area contributed by atoms with E-state index in [4.69, 9.17) is 0 Å². The number of aryl methyl sites for hydroxylation is 1. The number of nitrogens with zero attached hydrogens (tertiary/aromatic N) is 1. The first-order chi connectivity index (χ1) is 11.7. The smallest absolute Gasteiger partial charge is 0.256 e. The predicted molar refractivity (Wildman–Crippen MR) is 111 cm³/mol. The fourth-order valence-electron chi connectivity index (χ4n) is 2.29. The Balaban J connectivity index is 2.29. The fourth-order valence-corrected chi connectivity index (χ4v) is 4.08. The van der Waals surface area contributed by atoms with E-state index in [-0.39, 0.29) is 12.5 Å². The molecule has 5 nitrogen and oxygen atoms in total. The normalized spacial score (nSPS) is 11.0. The van der Waals surface area contributed by atoms with Crippen molar-refractivity contribution in [3.63, 3.8) is 0 Å². The third-order valence-electron chi connectivity index (χ3n) is 3.46. The lowest BCUT2D eigenvalue weighted by atomic mass is 10.1. The summed E-state index contributed by atoms with van der Waals surface area (Å²) in [6, 6.07) is 12.3. The third-order valence-corrected chi connectivity index (χ3v) is 5.51. The van der Waals surface area contributed by atoms with Crippen molar-refractivity contribution in [2.45, 2.75) is 6.92 Å². The number of carbonyl (C=O) groups is 1. The highest BCUT2D eigenvalue weighted by molar-refractivity contribution is 14.1. The molecular formula is C18H19IN2O3S. The summed E-state index contributed by atoms with van der Waals surface area (Å²) in [5, 5.41) is 2.82. The first-order valence-corrected chi connectivity index (χ1v) is 10.4. The summed E-state index contributed by atoms with van der Waals surface area (Å²) in [5.41, 5.74) is 2.65. The zero-order valence-electron chi connectivity index (χ0n) is 14.0. The number of carbonyl (C=O) groups excluding carboxylic acids is 1. The van der Waals surface area contributed by atoms with Crippen molar-refractivity contribution < 1.29 is 13.2 Å². The molecule has 0 saturated carbocycles. The molecule has 2 rings (SSSR count). The Morgan fingerprint density at radius 3 is 2.60 bits per heavy atom. The Morgan fingerprint density at radius 1 is 1.28 bits per heavy atom. The molecule has 7 heteroatoms. The van der Waals surface area contributed by atoms with Gasteiger partial charge in [-0.1, -0.05) is 23.8 Å². The van der Waals surface area contributed by atoms with Crippen molar-refractivity contribution in [3.05, 3.63) is 69.8 Å². The molecule has 0 radical (unpaired) electrons. The van der Waals surface area contributed by atoms with Crippen molar-refractivity contribution in [2.75, 3.05) is 22.4 Å². The molecule has 0 atom stereocenters. The van der Waals surface area contributed by atoms with Gasteiger partial charge < -0.3 is 5.32 Å². The highest BCUT2D eigenvalue weighted by Gasteiger charge is 2.17. The summed E-state index contributed by atoms with van der Waals surface area (Å²) in [7, 11) is -3.44. The van der Waals surface area contributed by atoms with Crippen LogP contribution in [0.5, 0.6) is 0 Å². The molecule has 0 fully saturated rings. The molecule has 0 aromatic heterocycles. The van der Waals surface area contributed by atoms with Gasteiger partial charge in [-0.3, -0.25) is 9.10 Å². The van der Waals surface area contributed by atoms with Crippen LogP contribution in [0.3, 0.4) is 0 Å². The van der Waals surface area contributed by atoms with E-state index in [1.807, 2.05) is 19.1 Å². The van der Waals surface area contributed by atoms with Crippen LogP contribution in [-0.2, 0) is 10.0 Å². The average Bonchev–Trinajstić information content (AvgIpc) is 2.51. The minimum Gasteiger partial charge on any atom is -0.322 e. The lowest BCUT2D eigenvalue weighted by Crippen LogP contribution is -2.29. The summed E-state index contributed by atoms with van der Waals surface area (Å²) in [6.45, 7) is 5.71. The number of sulfonamides is 1. The van der Waals surface area contributed by atoms with E-state index >= 15 is 0 Å². The van der Waals surface area contributed by atoms with Crippen LogP contribution in [0.1, 0.15) is 15.9 Å². The van der Waals surface area contributed by atoms with Gasteiger partial charge in [0.05, 0.1) is 24.1 Å². The summed E-state index contributed by atoms with van der Waals surface area (Å²) in [5.74, 6) is -0.240. The lowest BCUT2D eigenvalue weighted by Gasteiger charge is -2.21. The molecule has 132 valence electrons. The number of benzene rings is 2. The maximum Gasteiger partial charge on any atom is 0.256 e. The van der Waals surface area contributed by atoms with Gasteiger partial charge in [-0.15, -0.1) is 6.58 Å². The van der Waals surface area contributed by atoms with Gasteiger partial charge in [-0.25, -0.2) is 8.42 Å². The quantitative estimate of drug-likeness (QED) is 0.516. The number of halogens is 1. The summed E-state index contributed by atoms with van der Waals surface area (Å²) >= 11 is 2.12. The molecule has 2 aromatic rings. The highest BCUT2D eigenvalue weighted by atomic mass is 127. The molecule has 2 aromatic carbocycles. The Labute approximate surface area is 161 Å². The number of rotatable bonds is 6. The summed E-state index contributed by atoms with van der Waals surface area (Å²) < 4.78 is 26.0. The maximum absolute atomic E-state index is 12.5. The Morgan fingerprint density at radius 2 is 2.00 bits per heavy atom. The largest absolute Gasteiger partial charge is 0.322 e. The zero-order valence-corrected chi connectivity index (χ0v) is 17.0. The van der Waals surface area contributed by atoms with Crippen molar-refractivity contribution >= 4 is 49.9 Å². The molecule has 0 unspecified atom stereocenters. The molecule has 0 saturated heterocycles. The monoisotopic (exact) mass is 470 g/mol. The van der Waals surface area contributed by atoms with Crippen LogP contribution in [0, 0.1) is 10.5 Å². The van der Waals surface area contributed by atoms with Crippen molar-refractivity contribution in [2.24, 2.45) is 0 Å². The van der Waals surface area contributed by atoms with Crippen LogP contribution in [0.2, 0.25) is 0 Å². The molecule has 0 aliphatic heterocycles. The molecule has 0 bridgehead atoms. The molecule has 0 spiro atoms. The van der Waals surface area contributed by atoms with E-state index in [9.17, 15) is 13.2 Å². The van der Waals surface area contributed by atoms with E-state index in [0.29, 0.717) is 16.9 Å². The predicted octanol–water partition coefficient (Wildman–Crippen LogP) is 3.80. The lowest BCUT2D eigenvalue weighted by molar-refractivity contribution is 0.102. The van der Waals surface area contributed by atoms with Crippen LogP contribution in [0.15, 0.2) is 55.1 Å². The van der Waals surface area contributed by atoms with Gasteiger partial charge in [0.1, 0.15) is 0 Å². The first kappa shape index (κ1) is 19.5. The zero-order chi connectivity index (χ0) is 18.6. The number of nitrogens with one attached hydrogen (secondary N) is 1. The first-order valence-electron chi connectivity index (χ1n) is 7.48. The van der Waals surface area contributed by atoms with Gasteiger partial charge in [0.15, 0.2) is 0 Å². The Hall–Kier alpha value is -1.87. The molecule has 0 heterocycles. The summed E-state index contributed by atoms with van der Waals surface area (Å²) in [4.78, 5) is 12.5. The Kier molecular flexibility index (Phi) is 6.23. The van der Waals surface area contributed by atoms with E-state index in [1.54, 1.807) is 30.3 Å². The molecule has 1 amide bonds.